The Kier molecular flexibility index (Phi) is 9.03. The standard InChI is InChI=1S/C7H9BrN2O.2ClH/c8-5-1-2-7(10-3-5)6(9)4-11;;/h1-3,6,11H,4,9H2;2*1H/t6-;;/m1../s1. The summed E-state index contributed by atoms with van der Waals surface area (Å²) in [4.78, 5) is 4.02. The van der Waals surface area contributed by atoms with E-state index in [0.717, 1.165) is 4.47 Å². The third kappa shape index (κ3) is 4.78. The second-order valence-electron chi connectivity index (χ2n) is 2.19. The van der Waals surface area contributed by atoms with E-state index in [1.54, 1.807) is 12.3 Å². The maximum atomic E-state index is 8.68. The van der Waals surface area contributed by atoms with Crippen molar-refractivity contribution < 1.29 is 5.11 Å². The maximum absolute atomic E-state index is 8.68. The first-order valence-electron chi connectivity index (χ1n) is 3.22. The lowest BCUT2D eigenvalue weighted by atomic mass is 10.2. The fourth-order valence-corrected chi connectivity index (χ4v) is 0.935. The number of pyridine rings is 1. The topological polar surface area (TPSA) is 59.1 Å². The van der Waals surface area contributed by atoms with E-state index < -0.39 is 0 Å². The van der Waals surface area contributed by atoms with Crippen LogP contribution in [0.4, 0.5) is 0 Å². The van der Waals surface area contributed by atoms with Gasteiger partial charge >= 0.3 is 0 Å². The molecule has 0 saturated carbocycles. The summed E-state index contributed by atoms with van der Waals surface area (Å²) in [7, 11) is 0. The van der Waals surface area contributed by atoms with Crippen molar-refractivity contribution in [2.75, 3.05) is 6.61 Å². The Morgan fingerprint density at radius 2 is 2.08 bits per heavy atom. The molecule has 1 aromatic rings. The van der Waals surface area contributed by atoms with Gasteiger partial charge < -0.3 is 10.8 Å². The Morgan fingerprint density at radius 3 is 2.46 bits per heavy atom. The highest BCUT2D eigenvalue weighted by molar-refractivity contribution is 9.10. The van der Waals surface area contributed by atoms with E-state index in [9.17, 15) is 0 Å². The van der Waals surface area contributed by atoms with Crippen LogP contribution in [0.15, 0.2) is 22.8 Å². The molecule has 1 rings (SSSR count). The Bertz CT molecular complexity index is 232. The molecule has 76 valence electrons. The van der Waals surface area contributed by atoms with Gasteiger partial charge in [-0.25, -0.2) is 0 Å². The van der Waals surface area contributed by atoms with Crippen LogP contribution in [0.25, 0.3) is 0 Å². The van der Waals surface area contributed by atoms with Crippen LogP contribution in [0.1, 0.15) is 11.7 Å². The van der Waals surface area contributed by atoms with Gasteiger partial charge in [-0.05, 0) is 28.1 Å². The van der Waals surface area contributed by atoms with Crippen molar-refractivity contribution in [3.05, 3.63) is 28.5 Å². The zero-order valence-electron chi connectivity index (χ0n) is 6.68. The summed E-state index contributed by atoms with van der Waals surface area (Å²) in [5.74, 6) is 0. The number of nitrogens with zero attached hydrogens (tertiary/aromatic N) is 1. The van der Waals surface area contributed by atoms with Gasteiger partial charge in [0, 0.05) is 10.7 Å². The van der Waals surface area contributed by atoms with Crippen LogP contribution in [0.5, 0.6) is 0 Å². The summed E-state index contributed by atoms with van der Waals surface area (Å²) >= 11 is 3.25. The molecule has 0 saturated heterocycles. The van der Waals surface area contributed by atoms with E-state index in [1.165, 1.54) is 0 Å². The SMILES string of the molecule is Cl.Cl.N[C@H](CO)c1ccc(Br)cn1. The molecular weight excluding hydrogens is 279 g/mol. The molecule has 0 spiro atoms. The van der Waals surface area contributed by atoms with Gasteiger partial charge in [0.15, 0.2) is 0 Å². The molecule has 6 heteroatoms. The van der Waals surface area contributed by atoms with Crippen molar-refractivity contribution >= 4 is 40.7 Å². The number of aliphatic hydroxyl groups is 1. The third-order valence-electron chi connectivity index (χ3n) is 1.33. The van der Waals surface area contributed by atoms with Crippen molar-refractivity contribution in [2.24, 2.45) is 5.73 Å². The Hall–Kier alpha value is 0.130. The minimum Gasteiger partial charge on any atom is -0.394 e. The van der Waals surface area contributed by atoms with Crippen molar-refractivity contribution in [2.45, 2.75) is 6.04 Å². The van der Waals surface area contributed by atoms with Crippen LogP contribution in [0.3, 0.4) is 0 Å². The molecule has 0 radical (unpaired) electrons. The average Bonchev–Trinajstić information content (AvgIpc) is 2.05. The lowest BCUT2D eigenvalue weighted by Crippen LogP contribution is -2.15. The van der Waals surface area contributed by atoms with Crippen LogP contribution in [-0.4, -0.2) is 16.7 Å². The quantitative estimate of drug-likeness (QED) is 0.871. The first kappa shape index (κ1) is 15.6. The lowest BCUT2D eigenvalue weighted by Gasteiger charge is -2.05. The first-order chi connectivity index (χ1) is 5.24. The number of hydrogen-bond donors (Lipinski definition) is 2. The molecule has 0 aliphatic carbocycles. The van der Waals surface area contributed by atoms with Gasteiger partial charge in [-0.15, -0.1) is 24.8 Å². The Morgan fingerprint density at radius 1 is 1.46 bits per heavy atom. The van der Waals surface area contributed by atoms with Gasteiger partial charge in [-0.1, -0.05) is 0 Å². The van der Waals surface area contributed by atoms with Gasteiger partial charge in [0.05, 0.1) is 18.3 Å². The predicted molar refractivity (Wildman–Crippen MR) is 60.4 cm³/mol. The molecule has 0 aliphatic heterocycles. The largest absolute Gasteiger partial charge is 0.394 e. The maximum Gasteiger partial charge on any atom is 0.0704 e. The van der Waals surface area contributed by atoms with Crippen molar-refractivity contribution in [3.63, 3.8) is 0 Å². The predicted octanol–water partition coefficient (Wildman–Crippen LogP) is 1.68. The molecule has 13 heavy (non-hydrogen) atoms. The smallest absolute Gasteiger partial charge is 0.0704 e. The summed E-state index contributed by atoms with van der Waals surface area (Å²) in [6, 6.07) is 3.26. The van der Waals surface area contributed by atoms with Gasteiger partial charge in [0.25, 0.3) is 0 Å². The molecule has 1 aromatic heterocycles. The lowest BCUT2D eigenvalue weighted by molar-refractivity contribution is 0.266. The van der Waals surface area contributed by atoms with Crippen LogP contribution < -0.4 is 5.73 Å². The van der Waals surface area contributed by atoms with Gasteiger partial charge in [0.1, 0.15) is 0 Å². The van der Waals surface area contributed by atoms with Crippen LogP contribution >= 0.6 is 40.7 Å². The second-order valence-corrected chi connectivity index (χ2v) is 3.11. The summed E-state index contributed by atoms with van der Waals surface area (Å²) in [5, 5.41) is 8.68. The molecule has 3 nitrogen and oxygen atoms in total. The third-order valence-corrected chi connectivity index (χ3v) is 1.80. The summed E-state index contributed by atoms with van der Waals surface area (Å²) in [5.41, 5.74) is 6.22. The molecule has 1 heterocycles. The molecular formula is C7H11BrCl2N2O. The first-order valence-corrected chi connectivity index (χ1v) is 4.01. The number of nitrogens with two attached hydrogens (primary N) is 1. The van der Waals surface area contributed by atoms with Crippen LogP contribution in [-0.2, 0) is 0 Å². The van der Waals surface area contributed by atoms with Crippen molar-refractivity contribution in [3.8, 4) is 0 Å². The molecule has 0 unspecified atom stereocenters. The Labute approximate surface area is 97.7 Å². The Balaban J connectivity index is 0. The average molecular weight is 290 g/mol. The van der Waals surface area contributed by atoms with E-state index in [0.29, 0.717) is 5.69 Å². The molecule has 0 aromatic carbocycles. The van der Waals surface area contributed by atoms with Crippen LogP contribution in [0.2, 0.25) is 0 Å². The second kappa shape index (κ2) is 7.53. The van der Waals surface area contributed by atoms with Gasteiger partial charge in [-0.3, -0.25) is 4.98 Å². The van der Waals surface area contributed by atoms with E-state index in [2.05, 4.69) is 20.9 Å². The van der Waals surface area contributed by atoms with Gasteiger partial charge in [-0.2, -0.15) is 0 Å². The number of aliphatic hydroxyl groups excluding tert-OH is 1. The fraction of sp³-hybridized carbons (Fsp3) is 0.286. The summed E-state index contributed by atoms with van der Waals surface area (Å²) in [6.45, 7) is -0.0748. The zero-order chi connectivity index (χ0) is 8.27. The van der Waals surface area contributed by atoms with E-state index in [1.807, 2.05) is 6.07 Å². The van der Waals surface area contributed by atoms with E-state index in [4.69, 9.17) is 10.8 Å². The van der Waals surface area contributed by atoms with Gasteiger partial charge in [0.2, 0.25) is 0 Å². The van der Waals surface area contributed by atoms with E-state index >= 15 is 0 Å². The summed E-state index contributed by atoms with van der Waals surface area (Å²) in [6.07, 6.45) is 1.66. The number of rotatable bonds is 2. The van der Waals surface area contributed by atoms with Crippen LogP contribution in [0, 0.1) is 0 Å². The highest BCUT2D eigenvalue weighted by Crippen LogP contribution is 2.11. The normalized spacial score (nSPS) is 11.0. The number of halogens is 3. The monoisotopic (exact) mass is 288 g/mol. The fourth-order valence-electron chi connectivity index (χ4n) is 0.700. The molecule has 1 atom stereocenters. The molecule has 0 bridgehead atoms. The highest BCUT2D eigenvalue weighted by Gasteiger charge is 2.03. The zero-order valence-corrected chi connectivity index (χ0v) is 9.90. The number of hydrogen-bond acceptors (Lipinski definition) is 3. The minimum atomic E-state index is -0.372. The summed E-state index contributed by atoms with van der Waals surface area (Å²) < 4.78 is 0.909. The van der Waals surface area contributed by atoms with Crippen molar-refractivity contribution in [1.82, 2.24) is 4.98 Å². The molecule has 0 aliphatic rings. The number of aromatic nitrogens is 1. The molecule has 0 amide bonds. The highest BCUT2D eigenvalue weighted by atomic mass is 79.9. The van der Waals surface area contributed by atoms with E-state index in [-0.39, 0.29) is 37.5 Å². The molecule has 3 N–H and O–H groups in total. The van der Waals surface area contributed by atoms with Crippen molar-refractivity contribution in [1.29, 1.82) is 0 Å². The molecule has 0 fully saturated rings. The minimum absolute atomic E-state index is 0.